The number of sulfonamides is 1. The predicted octanol–water partition coefficient (Wildman–Crippen LogP) is 2.85. The van der Waals surface area contributed by atoms with Gasteiger partial charge in [-0.15, -0.1) is 0 Å². The molecular weight excluding hydrogens is 354 g/mol. The second-order valence-electron chi connectivity index (χ2n) is 6.00. The Kier molecular flexibility index (Phi) is 6.70. The van der Waals surface area contributed by atoms with Crippen LogP contribution in [-0.4, -0.2) is 33.0 Å². The number of non-ortho nitro benzene ring substituents is 1. The molecule has 0 fully saturated rings. The van der Waals surface area contributed by atoms with Crippen LogP contribution in [-0.2, 0) is 15.8 Å². The Morgan fingerprint density at radius 2 is 1.85 bits per heavy atom. The lowest BCUT2D eigenvalue weighted by molar-refractivity contribution is -0.384. The van der Waals surface area contributed by atoms with Crippen molar-refractivity contribution < 1.29 is 13.3 Å². The zero-order valence-electron chi connectivity index (χ0n) is 14.9. The molecule has 0 amide bonds. The van der Waals surface area contributed by atoms with Crippen LogP contribution in [0.2, 0.25) is 0 Å². The van der Waals surface area contributed by atoms with E-state index in [-0.39, 0.29) is 18.0 Å². The maximum Gasteiger partial charge on any atom is 0.269 e. The number of anilines is 1. The Balaban J connectivity index is 1.91. The monoisotopic (exact) mass is 377 g/mol. The number of aryl methyl sites for hydroxylation is 1. The first-order valence-corrected chi connectivity index (χ1v) is 9.98. The molecule has 0 saturated carbocycles. The Morgan fingerprint density at radius 1 is 1.15 bits per heavy atom. The van der Waals surface area contributed by atoms with Gasteiger partial charge in [0.1, 0.15) is 0 Å². The molecule has 0 saturated heterocycles. The van der Waals surface area contributed by atoms with Gasteiger partial charge in [-0.1, -0.05) is 24.3 Å². The fourth-order valence-electron chi connectivity index (χ4n) is 2.61. The summed E-state index contributed by atoms with van der Waals surface area (Å²) in [5, 5.41) is 10.6. The number of nitrogens with zero attached hydrogens (tertiary/aromatic N) is 2. The van der Waals surface area contributed by atoms with Crippen molar-refractivity contribution in [2.24, 2.45) is 0 Å². The van der Waals surface area contributed by atoms with Gasteiger partial charge in [-0.05, 0) is 37.1 Å². The summed E-state index contributed by atoms with van der Waals surface area (Å²) in [6.45, 7) is 5.65. The van der Waals surface area contributed by atoms with Gasteiger partial charge in [-0.25, -0.2) is 13.1 Å². The maximum absolute atomic E-state index is 12.2. The van der Waals surface area contributed by atoms with E-state index in [0.29, 0.717) is 12.1 Å². The van der Waals surface area contributed by atoms with Crippen molar-refractivity contribution in [2.75, 3.05) is 24.5 Å². The van der Waals surface area contributed by atoms with Gasteiger partial charge >= 0.3 is 0 Å². The van der Waals surface area contributed by atoms with Crippen LogP contribution in [0.5, 0.6) is 0 Å². The second kappa shape index (κ2) is 8.77. The van der Waals surface area contributed by atoms with Gasteiger partial charge in [0.2, 0.25) is 10.0 Å². The van der Waals surface area contributed by atoms with Crippen LogP contribution in [0.4, 0.5) is 11.4 Å². The highest BCUT2D eigenvalue weighted by Crippen LogP contribution is 2.16. The number of rotatable bonds is 9. The number of nitrogens with one attached hydrogen (secondary N) is 1. The molecule has 0 unspecified atom stereocenters. The van der Waals surface area contributed by atoms with E-state index in [0.717, 1.165) is 17.8 Å². The third kappa shape index (κ3) is 5.82. The topological polar surface area (TPSA) is 92.6 Å². The number of benzene rings is 2. The molecule has 0 aromatic heterocycles. The van der Waals surface area contributed by atoms with Crippen LogP contribution in [0.1, 0.15) is 18.1 Å². The lowest BCUT2D eigenvalue weighted by Crippen LogP contribution is -2.35. The van der Waals surface area contributed by atoms with E-state index in [1.165, 1.54) is 24.3 Å². The zero-order valence-corrected chi connectivity index (χ0v) is 15.7. The summed E-state index contributed by atoms with van der Waals surface area (Å²) in [5.41, 5.74) is 2.66. The third-order valence-electron chi connectivity index (χ3n) is 3.96. The van der Waals surface area contributed by atoms with Crippen molar-refractivity contribution >= 4 is 21.4 Å². The van der Waals surface area contributed by atoms with Gasteiger partial charge in [0.05, 0.1) is 10.7 Å². The fraction of sp³-hybridized carbons (Fsp3) is 0.333. The molecule has 140 valence electrons. The molecule has 0 atom stereocenters. The van der Waals surface area contributed by atoms with Crippen LogP contribution in [0.15, 0.2) is 48.5 Å². The SMILES string of the molecule is CCN(CCNS(=O)(=O)Cc1ccc([N+](=O)[O-])cc1)c1cccc(C)c1. The highest BCUT2D eigenvalue weighted by molar-refractivity contribution is 7.88. The summed E-state index contributed by atoms with van der Waals surface area (Å²) < 4.78 is 27.0. The molecule has 1 N–H and O–H groups in total. The van der Waals surface area contributed by atoms with Gasteiger partial charge in [0, 0.05) is 37.5 Å². The fourth-order valence-corrected chi connectivity index (χ4v) is 3.75. The van der Waals surface area contributed by atoms with Crippen LogP contribution in [0.25, 0.3) is 0 Å². The smallest absolute Gasteiger partial charge is 0.269 e. The van der Waals surface area contributed by atoms with E-state index < -0.39 is 14.9 Å². The average molecular weight is 377 g/mol. The Morgan fingerprint density at radius 3 is 2.42 bits per heavy atom. The van der Waals surface area contributed by atoms with E-state index in [4.69, 9.17) is 0 Å². The van der Waals surface area contributed by atoms with E-state index >= 15 is 0 Å². The highest BCUT2D eigenvalue weighted by Gasteiger charge is 2.13. The van der Waals surface area contributed by atoms with Crippen LogP contribution in [0, 0.1) is 17.0 Å². The first-order chi connectivity index (χ1) is 12.3. The standard InChI is InChI=1S/C18H23N3O4S/c1-3-20(18-6-4-5-15(2)13-18)12-11-19-26(24,25)14-16-7-9-17(10-8-16)21(22)23/h4-10,13,19H,3,11-12,14H2,1-2H3. The number of nitro groups is 1. The Bertz CT molecular complexity index is 851. The molecule has 0 aliphatic heterocycles. The van der Waals surface area contributed by atoms with Gasteiger partial charge in [-0.2, -0.15) is 0 Å². The van der Waals surface area contributed by atoms with Crippen LogP contribution >= 0.6 is 0 Å². The molecule has 0 aliphatic rings. The zero-order chi connectivity index (χ0) is 19.2. The average Bonchev–Trinajstić information content (AvgIpc) is 2.59. The molecule has 0 spiro atoms. The lowest BCUT2D eigenvalue weighted by Gasteiger charge is -2.23. The molecule has 0 radical (unpaired) electrons. The molecule has 2 aromatic carbocycles. The first-order valence-electron chi connectivity index (χ1n) is 8.33. The summed E-state index contributed by atoms with van der Waals surface area (Å²) in [4.78, 5) is 12.2. The molecule has 8 heteroatoms. The lowest BCUT2D eigenvalue weighted by atomic mass is 10.2. The Labute approximate surface area is 153 Å². The summed E-state index contributed by atoms with van der Waals surface area (Å²) in [5.74, 6) is -0.207. The third-order valence-corrected chi connectivity index (χ3v) is 5.31. The number of likely N-dealkylation sites (N-methyl/N-ethyl adjacent to an activating group) is 1. The summed E-state index contributed by atoms with van der Waals surface area (Å²) in [6, 6.07) is 13.6. The van der Waals surface area contributed by atoms with Gasteiger partial charge in [0.15, 0.2) is 0 Å². The molecule has 2 rings (SSSR count). The second-order valence-corrected chi connectivity index (χ2v) is 7.80. The van der Waals surface area contributed by atoms with E-state index in [9.17, 15) is 18.5 Å². The largest absolute Gasteiger partial charge is 0.370 e. The minimum atomic E-state index is -3.51. The minimum absolute atomic E-state index is 0.0594. The van der Waals surface area contributed by atoms with Gasteiger partial charge < -0.3 is 4.90 Å². The maximum atomic E-state index is 12.2. The molecule has 2 aromatic rings. The number of hydrogen-bond donors (Lipinski definition) is 1. The van der Waals surface area contributed by atoms with E-state index in [2.05, 4.69) is 15.7 Å². The van der Waals surface area contributed by atoms with Crippen molar-refractivity contribution in [1.29, 1.82) is 0 Å². The molecule has 0 bridgehead atoms. The molecule has 26 heavy (non-hydrogen) atoms. The Hall–Kier alpha value is -2.45. The molecule has 7 nitrogen and oxygen atoms in total. The van der Waals surface area contributed by atoms with Crippen molar-refractivity contribution in [3.8, 4) is 0 Å². The summed E-state index contributed by atoms with van der Waals surface area (Å²) >= 11 is 0. The van der Waals surface area contributed by atoms with Crippen molar-refractivity contribution in [3.63, 3.8) is 0 Å². The number of hydrogen-bond acceptors (Lipinski definition) is 5. The van der Waals surface area contributed by atoms with Crippen molar-refractivity contribution in [3.05, 3.63) is 69.8 Å². The minimum Gasteiger partial charge on any atom is -0.370 e. The summed E-state index contributed by atoms with van der Waals surface area (Å²) in [7, 11) is -3.51. The highest BCUT2D eigenvalue weighted by atomic mass is 32.2. The number of nitro benzene ring substituents is 1. The van der Waals surface area contributed by atoms with Crippen molar-refractivity contribution in [1.82, 2.24) is 4.72 Å². The quantitative estimate of drug-likeness (QED) is 0.536. The van der Waals surface area contributed by atoms with Gasteiger partial charge in [-0.3, -0.25) is 10.1 Å². The van der Waals surface area contributed by atoms with Gasteiger partial charge in [0.25, 0.3) is 5.69 Å². The molecule has 0 aliphatic carbocycles. The van der Waals surface area contributed by atoms with Crippen LogP contribution in [0.3, 0.4) is 0 Å². The first kappa shape index (κ1) is 19.9. The predicted molar refractivity (Wildman–Crippen MR) is 103 cm³/mol. The van der Waals surface area contributed by atoms with Crippen LogP contribution < -0.4 is 9.62 Å². The van der Waals surface area contributed by atoms with E-state index in [1.807, 2.05) is 32.0 Å². The normalized spacial score (nSPS) is 11.3. The van der Waals surface area contributed by atoms with E-state index in [1.54, 1.807) is 0 Å². The molecule has 0 heterocycles. The molecular formula is C18H23N3O4S. The summed E-state index contributed by atoms with van der Waals surface area (Å²) in [6.07, 6.45) is 0. The van der Waals surface area contributed by atoms with Crippen molar-refractivity contribution in [2.45, 2.75) is 19.6 Å².